The Bertz CT molecular complexity index is 349. The molecule has 0 saturated carbocycles. The molecule has 0 aromatic heterocycles. The zero-order chi connectivity index (χ0) is 12.0. The lowest BCUT2D eigenvalue weighted by Crippen LogP contribution is -2.21. The molecular formula is C15H20O. The fourth-order valence-corrected chi connectivity index (χ4v) is 1.82. The van der Waals surface area contributed by atoms with E-state index in [4.69, 9.17) is 0 Å². The van der Waals surface area contributed by atoms with E-state index in [0.717, 1.165) is 6.42 Å². The van der Waals surface area contributed by atoms with Crippen molar-refractivity contribution in [1.29, 1.82) is 0 Å². The van der Waals surface area contributed by atoms with E-state index in [1.807, 2.05) is 31.2 Å². The van der Waals surface area contributed by atoms with Crippen molar-refractivity contribution in [3.63, 3.8) is 0 Å². The molecule has 0 heterocycles. The Balaban J connectivity index is 2.77. The molecule has 1 rings (SSSR count). The standard InChI is InChI=1S/C15H20O/c1-4-8-15(16)14(12(2)3)11-13-9-6-5-7-10-13/h4-10,12,14H,11H2,1-3H3/b8-4+/t14-/m0/s1. The maximum atomic E-state index is 11.9. The van der Waals surface area contributed by atoms with Crippen molar-refractivity contribution in [3.8, 4) is 0 Å². The van der Waals surface area contributed by atoms with E-state index in [9.17, 15) is 4.79 Å². The molecule has 0 saturated heterocycles. The Morgan fingerprint density at radius 2 is 1.88 bits per heavy atom. The Morgan fingerprint density at radius 1 is 1.25 bits per heavy atom. The second kappa shape index (κ2) is 6.26. The maximum Gasteiger partial charge on any atom is 0.159 e. The third-order valence-electron chi connectivity index (χ3n) is 2.80. The van der Waals surface area contributed by atoms with Crippen LogP contribution in [-0.2, 0) is 11.2 Å². The van der Waals surface area contributed by atoms with E-state index < -0.39 is 0 Å². The van der Waals surface area contributed by atoms with E-state index in [0.29, 0.717) is 5.92 Å². The highest BCUT2D eigenvalue weighted by atomic mass is 16.1. The molecular weight excluding hydrogens is 196 g/mol. The quantitative estimate of drug-likeness (QED) is 0.687. The fourth-order valence-electron chi connectivity index (χ4n) is 1.82. The van der Waals surface area contributed by atoms with Gasteiger partial charge >= 0.3 is 0 Å². The van der Waals surface area contributed by atoms with Crippen molar-refractivity contribution in [2.75, 3.05) is 0 Å². The molecule has 0 bridgehead atoms. The molecule has 0 aliphatic heterocycles. The Hall–Kier alpha value is -1.37. The summed E-state index contributed by atoms with van der Waals surface area (Å²) in [5, 5.41) is 0. The smallest absolute Gasteiger partial charge is 0.159 e. The molecule has 0 spiro atoms. The van der Waals surface area contributed by atoms with Crippen LogP contribution in [0.4, 0.5) is 0 Å². The van der Waals surface area contributed by atoms with Gasteiger partial charge in [-0.3, -0.25) is 4.79 Å². The summed E-state index contributed by atoms with van der Waals surface area (Å²) < 4.78 is 0. The summed E-state index contributed by atoms with van der Waals surface area (Å²) in [5.74, 6) is 0.712. The summed E-state index contributed by atoms with van der Waals surface area (Å²) in [6.45, 7) is 6.10. The molecule has 1 nitrogen and oxygen atoms in total. The lowest BCUT2D eigenvalue weighted by molar-refractivity contribution is -0.119. The molecule has 86 valence electrons. The summed E-state index contributed by atoms with van der Waals surface area (Å²) in [5.41, 5.74) is 1.24. The number of rotatable bonds is 5. The van der Waals surface area contributed by atoms with Crippen LogP contribution in [0.2, 0.25) is 0 Å². The predicted octanol–water partition coefficient (Wildman–Crippen LogP) is 3.65. The van der Waals surface area contributed by atoms with Crippen molar-refractivity contribution < 1.29 is 4.79 Å². The Kier molecular flexibility index (Phi) is 4.97. The van der Waals surface area contributed by atoms with Crippen molar-refractivity contribution in [3.05, 3.63) is 48.0 Å². The van der Waals surface area contributed by atoms with Gasteiger partial charge in [0.05, 0.1) is 0 Å². The van der Waals surface area contributed by atoms with Gasteiger partial charge in [-0.2, -0.15) is 0 Å². The number of carbonyl (C=O) groups excluding carboxylic acids is 1. The first-order chi connectivity index (χ1) is 7.65. The molecule has 0 N–H and O–H groups in total. The number of hydrogen-bond acceptors (Lipinski definition) is 1. The monoisotopic (exact) mass is 216 g/mol. The Labute approximate surface area is 98.2 Å². The van der Waals surface area contributed by atoms with Crippen LogP contribution in [0.3, 0.4) is 0 Å². The topological polar surface area (TPSA) is 17.1 Å². The first-order valence-corrected chi connectivity index (χ1v) is 5.85. The molecule has 0 aliphatic rings. The SMILES string of the molecule is C/C=C/C(=O)[C@@H](Cc1ccccc1)C(C)C. The van der Waals surface area contributed by atoms with Gasteiger partial charge in [0.25, 0.3) is 0 Å². The minimum Gasteiger partial charge on any atom is -0.295 e. The summed E-state index contributed by atoms with van der Waals surface area (Å²) >= 11 is 0. The average Bonchev–Trinajstić information content (AvgIpc) is 2.27. The van der Waals surface area contributed by atoms with Crippen LogP contribution in [-0.4, -0.2) is 5.78 Å². The molecule has 16 heavy (non-hydrogen) atoms. The molecule has 0 unspecified atom stereocenters. The van der Waals surface area contributed by atoms with Crippen LogP contribution in [0.1, 0.15) is 26.3 Å². The van der Waals surface area contributed by atoms with Crippen LogP contribution >= 0.6 is 0 Å². The fraction of sp³-hybridized carbons (Fsp3) is 0.400. The first kappa shape index (κ1) is 12.7. The Morgan fingerprint density at radius 3 is 2.38 bits per heavy atom. The molecule has 0 amide bonds. The second-order valence-corrected chi connectivity index (χ2v) is 4.44. The molecule has 0 radical (unpaired) electrons. The predicted molar refractivity (Wildman–Crippen MR) is 68.3 cm³/mol. The summed E-state index contributed by atoms with van der Waals surface area (Å²) in [6, 6.07) is 10.2. The van der Waals surface area contributed by atoms with E-state index in [1.54, 1.807) is 6.08 Å². The number of ketones is 1. The van der Waals surface area contributed by atoms with Crippen LogP contribution in [0.25, 0.3) is 0 Å². The van der Waals surface area contributed by atoms with Crippen LogP contribution in [0.15, 0.2) is 42.5 Å². The van der Waals surface area contributed by atoms with Crippen molar-refractivity contribution in [2.45, 2.75) is 27.2 Å². The second-order valence-electron chi connectivity index (χ2n) is 4.44. The van der Waals surface area contributed by atoms with Gasteiger partial charge in [0.15, 0.2) is 5.78 Å². The highest BCUT2D eigenvalue weighted by molar-refractivity contribution is 5.92. The molecule has 0 aliphatic carbocycles. The third kappa shape index (κ3) is 3.65. The first-order valence-electron chi connectivity index (χ1n) is 5.85. The maximum absolute atomic E-state index is 11.9. The minimum atomic E-state index is 0.0959. The molecule has 1 aromatic carbocycles. The molecule has 1 atom stereocenters. The number of hydrogen-bond donors (Lipinski definition) is 0. The highest BCUT2D eigenvalue weighted by Crippen LogP contribution is 2.18. The minimum absolute atomic E-state index is 0.0959. The van der Waals surface area contributed by atoms with Gasteiger partial charge in [-0.05, 0) is 30.9 Å². The third-order valence-corrected chi connectivity index (χ3v) is 2.80. The van der Waals surface area contributed by atoms with Gasteiger partial charge < -0.3 is 0 Å². The van der Waals surface area contributed by atoms with Crippen molar-refractivity contribution in [2.24, 2.45) is 11.8 Å². The lowest BCUT2D eigenvalue weighted by Gasteiger charge is -2.17. The number of carbonyl (C=O) groups is 1. The van der Waals surface area contributed by atoms with Crippen LogP contribution < -0.4 is 0 Å². The molecule has 1 aromatic rings. The van der Waals surface area contributed by atoms with E-state index in [-0.39, 0.29) is 11.7 Å². The average molecular weight is 216 g/mol. The van der Waals surface area contributed by atoms with Crippen LogP contribution in [0.5, 0.6) is 0 Å². The van der Waals surface area contributed by atoms with Crippen molar-refractivity contribution in [1.82, 2.24) is 0 Å². The summed E-state index contributed by atoms with van der Waals surface area (Å²) in [4.78, 5) is 11.9. The van der Waals surface area contributed by atoms with Gasteiger partial charge in [0, 0.05) is 5.92 Å². The zero-order valence-electron chi connectivity index (χ0n) is 10.3. The number of allylic oxidation sites excluding steroid dienone is 2. The van der Waals surface area contributed by atoms with Crippen molar-refractivity contribution >= 4 is 5.78 Å². The zero-order valence-corrected chi connectivity index (χ0v) is 10.3. The van der Waals surface area contributed by atoms with E-state index >= 15 is 0 Å². The van der Waals surface area contributed by atoms with Gasteiger partial charge in [-0.1, -0.05) is 50.3 Å². The normalized spacial score (nSPS) is 13.2. The van der Waals surface area contributed by atoms with Gasteiger partial charge in [0.2, 0.25) is 0 Å². The molecule has 1 heteroatoms. The lowest BCUT2D eigenvalue weighted by atomic mass is 9.85. The number of benzene rings is 1. The summed E-state index contributed by atoms with van der Waals surface area (Å²) in [6.07, 6.45) is 4.35. The molecule has 0 fully saturated rings. The largest absolute Gasteiger partial charge is 0.295 e. The summed E-state index contributed by atoms with van der Waals surface area (Å²) in [7, 11) is 0. The van der Waals surface area contributed by atoms with Crippen LogP contribution in [0, 0.1) is 11.8 Å². The van der Waals surface area contributed by atoms with E-state index in [2.05, 4.69) is 26.0 Å². The highest BCUT2D eigenvalue weighted by Gasteiger charge is 2.19. The van der Waals surface area contributed by atoms with Gasteiger partial charge in [-0.25, -0.2) is 0 Å². The van der Waals surface area contributed by atoms with Gasteiger partial charge in [-0.15, -0.1) is 0 Å². The van der Waals surface area contributed by atoms with Gasteiger partial charge in [0.1, 0.15) is 0 Å². The van der Waals surface area contributed by atoms with E-state index in [1.165, 1.54) is 5.56 Å².